The first-order chi connectivity index (χ1) is 6.66. The molecule has 1 aliphatic rings. The Bertz CT molecular complexity index is 338. The second kappa shape index (κ2) is 4.09. The Morgan fingerprint density at radius 2 is 2.07 bits per heavy atom. The molecular formula is C11H12Cl2O. The molecule has 0 N–H and O–H groups in total. The number of ether oxygens (including phenoxy) is 1. The Kier molecular flexibility index (Phi) is 3.01. The Hall–Kier alpha value is -0.240. The number of epoxide rings is 1. The van der Waals surface area contributed by atoms with Crippen molar-refractivity contribution in [3.05, 3.63) is 33.8 Å². The van der Waals surface area contributed by atoms with Crippen LogP contribution < -0.4 is 0 Å². The molecule has 1 aliphatic heterocycles. The van der Waals surface area contributed by atoms with Crippen LogP contribution in [0.5, 0.6) is 0 Å². The average Bonchev–Trinajstić information content (AvgIpc) is 2.84. The minimum absolute atomic E-state index is 0.421. The highest BCUT2D eigenvalue weighted by Crippen LogP contribution is 2.28. The molecule has 0 aromatic heterocycles. The molecular weight excluding hydrogens is 219 g/mol. The predicted octanol–water partition coefficient (Wildman–Crippen LogP) is 3.71. The fourth-order valence-corrected chi connectivity index (χ4v) is 1.97. The SMILES string of the molecule is CC1OC1CCc1cc(Cl)ccc1Cl. The molecule has 76 valence electrons. The van der Waals surface area contributed by atoms with Crippen LogP contribution in [0.25, 0.3) is 0 Å². The lowest BCUT2D eigenvalue weighted by molar-refractivity contribution is 0.370. The first-order valence-corrected chi connectivity index (χ1v) is 5.52. The van der Waals surface area contributed by atoms with Crippen LogP contribution in [0.15, 0.2) is 18.2 Å². The molecule has 14 heavy (non-hydrogen) atoms. The maximum atomic E-state index is 6.04. The topological polar surface area (TPSA) is 12.5 Å². The monoisotopic (exact) mass is 230 g/mol. The predicted molar refractivity (Wildman–Crippen MR) is 59.1 cm³/mol. The van der Waals surface area contributed by atoms with Crippen LogP contribution in [-0.4, -0.2) is 12.2 Å². The Balaban J connectivity index is 1.97. The quantitative estimate of drug-likeness (QED) is 0.722. The van der Waals surface area contributed by atoms with Gasteiger partial charge in [0.05, 0.1) is 12.2 Å². The van der Waals surface area contributed by atoms with E-state index in [9.17, 15) is 0 Å². The number of benzene rings is 1. The van der Waals surface area contributed by atoms with E-state index in [1.807, 2.05) is 18.2 Å². The molecule has 2 atom stereocenters. The molecule has 0 bridgehead atoms. The van der Waals surface area contributed by atoms with Crippen LogP contribution in [0.3, 0.4) is 0 Å². The normalized spacial score (nSPS) is 25.1. The van der Waals surface area contributed by atoms with Gasteiger partial charge in [-0.3, -0.25) is 0 Å². The molecule has 1 nitrogen and oxygen atoms in total. The molecule has 0 amide bonds. The number of aryl methyl sites for hydroxylation is 1. The molecule has 1 fully saturated rings. The summed E-state index contributed by atoms with van der Waals surface area (Å²) >= 11 is 11.9. The summed E-state index contributed by atoms with van der Waals surface area (Å²) in [4.78, 5) is 0. The fourth-order valence-electron chi connectivity index (χ4n) is 1.57. The van der Waals surface area contributed by atoms with Crippen molar-refractivity contribution in [2.75, 3.05) is 0 Å². The van der Waals surface area contributed by atoms with Gasteiger partial charge >= 0.3 is 0 Å². The van der Waals surface area contributed by atoms with Crippen LogP contribution in [-0.2, 0) is 11.2 Å². The lowest BCUT2D eigenvalue weighted by Crippen LogP contribution is -1.94. The third-order valence-electron chi connectivity index (χ3n) is 2.54. The maximum Gasteiger partial charge on any atom is 0.0842 e. The standard InChI is InChI=1S/C11H12Cl2O/c1-7-11(14-7)5-2-8-6-9(12)3-4-10(8)13/h3-4,6-7,11H,2,5H2,1H3. The van der Waals surface area contributed by atoms with Crippen LogP contribution in [0.1, 0.15) is 18.9 Å². The Morgan fingerprint density at radius 1 is 1.36 bits per heavy atom. The van der Waals surface area contributed by atoms with E-state index in [-0.39, 0.29) is 0 Å². The summed E-state index contributed by atoms with van der Waals surface area (Å²) in [5.41, 5.74) is 1.11. The Morgan fingerprint density at radius 3 is 2.71 bits per heavy atom. The van der Waals surface area contributed by atoms with Crippen molar-refractivity contribution in [1.82, 2.24) is 0 Å². The molecule has 0 radical (unpaired) electrons. The fraction of sp³-hybridized carbons (Fsp3) is 0.455. The van der Waals surface area contributed by atoms with Crippen molar-refractivity contribution in [2.45, 2.75) is 32.0 Å². The van der Waals surface area contributed by atoms with Gasteiger partial charge in [0.25, 0.3) is 0 Å². The second-order valence-corrected chi connectivity index (χ2v) is 4.50. The van der Waals surface area contributed by atoms with Crippen LogP contribution in [0.4, 0.5) is 0 Å². The summed E-state index contributed by atoms with van der Waals surface area (Å²) in [6.07, 6.45) is 2.81. The number of hydrogen-bond donors (Lipinski definition) is 0. The van der Waals surface area contributed by atoms with Crippen molar-refractivity contribution < 1.29 is 4.74 Å². The molecule has 3 heteroatoms. The third kappa shape index (κ3) is 2.41. The van der Waals surface area contributed by atoms with Crippen LogP contribution in [0, 0.1) is 0 Å². The summed E-state index contributed by atoms with van der Waals surface area (Å²) in [5.74, 6) is 0. The van der Waals surface area contributed by atoms with Gasteiger partial charge in [0.2, 0.25) is 0 Å². The molecule has 2 rings (SSSR count). The minimum atomic E-state index is 0.421. The van der Waals surface area contributed by atoms with Gasteiger partial charge in [0.15, 0.2) is 0 Å². The molecule has 1 aromatic rings. The molecule has 2 unspecified atom stereocenters. The van der Waals surface area contributed by atoms with Gasteiger partial charge < -0.3 is 4.74 Å². The molecule has 0 aliphatic carbocycles. The molecule has 0 saturated carbocycles. The van der Waals surface area contributed by atoms with E-state index in [0.717, 1.165) is 28.5 Å². The Labute approximate surface area is 94.0 Å². The highest BCUT2D eigenvalue weighted by molar-refractivity contribution is 6.33. The lowest BCUT2D eigenvalue weighted by Gasteiger charge is -2.03. The van der Waals surface area contributed by atoms with E-state index in [4.69, 9.17) is 27.9 Å². The molecule has 1 heterocycles. The van der Waals surface area contributed by atoms with Crippen molar-refractivity contribution >= 4 is 23.2 Å². The highest BCUT2D eigenvalue weighted by Gasteiger charge is 2.33. The van der Waals surface area contributed by atoms with Gasteiger partial charge in [0, 0.05) is 10.0 Å². The minimum Gasteiger partial charge on any atom is -0.370 e. The number of hydrogen-bond acceptors (Lipinski definition) is 1. The van der Waals surface area contributed by atoms with E-state index >= 15 is 0 Å². The van der Waals surface area contributed by atoms with E-state index in [0.29, 0.717) is 12.2 Å². The zero-order chi connectivity index (χ0) is 10.1. The maximum absolute atomic E-state index is 6.04. The second-order valence-electron chi connectivity index (χ2n) is 3.65. The van der Waals surface area contributed by atoms with Gasteiger partial charge in [-0.15, -0.1) is 0 Å². The number of rotatable bonds is 3. The van der Waals surface area contributed by atoms with Crippen molar-refractivity contribution in [1.29, 1.82) is 0 Å². The van der Waals surface area contributed by atoms with E-state index in [1.165, 1.54) is 0 Å². The van der Waals surface area contributed by atoms with Crippen LogP contribution in [0.2, 0.25) is 10.0 Å². The van der Waals surface area contributed by atoms with Crippen molar-refractivity contribution in [2.24, 2.45) is 0 Å². The van der Waals surface area contributed by atoms with Gasteiger partial charge in [-0.25, -0.2) is 0 Å². The summed E-state index contributed by atoms with van der Waals surface area (Å²) in [5, 5.41) is 1.54. The van der Waals surface area contributed by atoms with Crippen molar-refractivity contribution in [3.63, 3.8) is 0 Å². The zero-order valence-electron chi connectivity index (χ0n) is 7.97. The summed E-state index contributed by atoms with van der Waals surface area (Å²) in [6.45, 7) is 2.09. The van der Waals surface area contributed by atoms with Crippen molar-refractivity contribution in [3.8, 4) is 0 Å². The third-order valence-corrected chi connectivity index (χ3v) is 3.15. The van der Waals surface area contributed by atoms with E-state index in [1.54, 1.807) is 0 Å². The summed E-state index contributed by atoms with van der Waals surface area (Å²) in [7, 11) is 0. The number of halogens is 2. The zero-order valence-corrected chi connectivity index (χ0v) is 9.48. The van der Waals surface area contributed by atoms with Gasteiger partial charge in [-0.1, -0.05) is 23.2 Å². The highest BCUT2D eigenvalue weighted by atomic mass is 35.5. The molecule has 0 spiro atoms. The summed E-state index contributed by atoms with van der Waals surface area (Å²) in [6, 6.07) is 5.58. The van der Waals surface area contributed by atoms with E-state index < -0.39 is 0 Å². The van der Waals surface area contributed by atoms with Gasteiger partial charge in [0.1, 0.15) is 0 Å². The van der Waals surface area contributed by atoms with E-state index in [2.05, 4.69) is 6.92 Å². The first-order valence-electron chi connectivity index (χ1n) is 4.76. The molecule has 1 aromatic carbocycles. The smallest absolute Gasteiger partial charge is 0.0842 e. The lowest BCUT2D eigenvalue weighted by atomic mass is 10.1. The largest absolute Gasteiger partial charge is 0.370 e. The van der Waals surface area contributed by atoms with Crippen LogP contribution >= 0.6 is 23.2 Å². The van der Waals surface area contributed by atoms with Gasteiger partial charge in [-0.05, 0) is 43.5 Å². The average molecular weight is 231 g/mol. The molecule has 1 saturated heterocycles. The van der Waals surface area contributed by atoms with Gasteiger partial charge in [-0.2, -0.15) is 0 Å². The summed E-state index contributed by atoms with van der Waals surface area (Å²) < 4.78 is 5.33. The first kappa shape index (κ1) is 10.3.